The van der Waals surface area contributed by atoms with E-state index in [2.05, 4.69) is 20.8 Å². The molecule has 11 heteroatoms. The van der Waals surface area contributed by atoms with E-state index < -0.39 is 23.7 Å². The first-order valence-electron chi connectivity index (χ1n) is 7.00. The third-order valence-corrected chi connectivity index (χ3v) is 2.94. The molecule has 25 heavy (non-hydrogen) atoms. The van der Waals surface area contributed by atoms with Crippen LogP contribution in [0.2, 0.25) is 0 Å². The van der Waals surface area contributed by atoms with Crippen LogP contribution in [0.15, 0.2) is 30.5 Å². The van der Waals surface area contributed by atoms with Crippen molar-refractivity contribution in [2.24, 2.45) is 0 Å². The number of nitrogens with zero attached hydrogens (tertiary/aromatic N) is 4. The monoisotopic (exact) mass is 356 g/mol. The van der Waals surface area contributed by atoms with Gasteiger partial charge >= 0.3 is 12.2 Å². The smallest absolute Gasteiger partial charge is 0.331 e. The summed E-state index contributed by atoms with van der Waals surface area (Å²) in [5, 5.41) is 12.5. The molecular weight excluding hydrogens is 341 g/mol. The third kappa shape index (κ3) is 5.19. The molecule has 1 aromatic carbocycles. The number of urea groups is 1. The number of rotatable bonds is 4. The van der Waals surface area contributed by atoms with E-state index in [1.54, 1.807) is 14.1 Å². The van der Waals surface area contributed by atoms with Gasteiger partial charge in [-0.3, -0.25) is 10.1 Å². The van der Waals surface area contributed by atoms with Crippen molar-refractivity contribution in [3.05, 3.63) is 36.0 Å². The number of anilines is 2. The van der Waals surface area contributed by atoms with Gasteiger partial charge in [0.2, 0.25) is 5.91 Å². The van der Waals surface area contributed by atoms with Crippen LogP contribution in [0, 0.1) is 0 Å². The van der Waals surface area contributed by atoms with Gasteiger partial charge in [-0.25, -0.2) is 4.79 Å². The number of carbonyl (C=O) groups is 2. The van der Waals surface area contributed by atoms with E-state index in [0.717, 1.165) is 16.9 Å². The van der Waals surface area contributed by atoms with E-state index >= 15 is 0 Å². The fourth-order valence-electron chi connectivity index (χ4n) is 1.75. The summed E-state index contributed by atoms with van der Waals surface area (Å²) in [6.45, 7) is -0.325. The predicted molar refractivity (Wildman–Crippen MR) is 82.8 cm³/mol. The number of alkyl halides is 3. The van der Waals surface area contributed by atoms with Gasteiger partial charge in [-0.15, -0.1) is 5.10 Å². The lowest BCUT2D eigenvalue weighted by molar-refractivity contribution is -0.137. The fraction of sp³-hybridized carbons (Fsp3) is 0.286. The molecule has 0 aliphatic carbocycles. The summed E-state index contributed by atoms with van der Waals surface area (Å²) in [4.78, 5) is 25.7. The average molecular weight is 356 g/mol. The van der Waals surface area contributed by atoms with Crippen LogP contribution in [-0.4, -0.2) is 45.9 Å². The molecule has 0 bridgehead atoms. The van der Waals surface area contributed by atoms with Crippen LogP contribution in [0.4, 0.5) is 29.5 Å². The van der Waals surface area contributed by atoms with Crippen LogP contribution in [0.3, 0.4) is 0 Å². The van der Waals surface area contributed by atoms with Gasteiger partial charge in [0.1, 0.15) is 6.54 Å². The number of amides is 3. The van der Waals surface area contributed by atoms with Gasteiger partial charge in [-0.1, -0.05) is 6.07 Å². The molecular formula is C14H15F3N6O2. The van der Waals surface area contributed by atoms with Gasteiger partial charge in [0.25, 0.3) is 0 Å². The van der Waals surface area contributed by atoms with Crippen LogP contribution in [-0.2, 0) is 17.5 Å². The van der Waals surface area contributed by atoms with Crippen molar-refractivity contribution >= 4 is 23.4 Å². The molecule has 0 atom stereocenters. The van der Waals surface area contributed by atoms with Crippen molar-refractivity contribution < 1.29 is 22.8 Å². The van der Waals surface area contributed by atoms with Gasteiger partial charge in [0.05, 0.1) is 11.8 Å². The van der Waals surface area contributed by atoms with E-state index in [0.29, 0.717) is 0 Å². The van der Waals surface area contributed by atoms with Crippen LogP contribution >= 0.6 is 0 Å². The Hall–Kier alpha value is -3.11. The standard InChI is InChI=1S/C14H15F3N6O2/c1-22(2)13(25)20-11-7-18-23(21-11)8-12(24)19-10-5-3-4-9(6-10)14(15,16)17/h3-7H,8H2,1-2H3,(H,19,24)(H,20,21,25). The minimum Gasteiger partial charge on any atom is -0.331 e. The number of aromatic nitrogens is 3. The zero-order valence-corrected chi connectivity index (χ0v) is 13.3. The van der Waals surface area contributed by atoms with Crippen molar-refractivity contribution in [2.45, 2.75) is 12.7 Å². The molecule has 1 heterocycles. The molecule has 0 saturated heterocycles. The largest absolute Gasteiger partial charge is 0.416 e. The molecule has 2 rings (SSSR count). The van der Waals surface area contributed by atoms with Gasteiger partial charge in [-0.05, 0) is 18.2 Å². The van der Waals surface area contributed by atoms with Crippen LogP contribution in [0.5, 0.6) is 0 Å². The Morgan fingerprint density at radius 3 is 2.60 bits per heavy atom. The van der Waals surface area contributed by atoms with E-state index in [4.69, 9.17) is 0 Å². The normalized spacial score (nSPS) is 11.1. The van der Waals surface area contributed by atoms with Crippen LogP contribution in [0.25, 0.3) is 0 Å². The molecule has 8 nitrogen and oxygen atoms in total. The molecule has 0 spiro atoms. The second-order valence-corrected chi connectivity index (χ2v) is 5.21. The Balaban J connectivity index is 1.97. The van der Waals surface area contributed by atoms with Crippen molar-refractivity contribution in [3.63, 3.8) is 0 Å². The first-order valence-corrected chi connectivity index (χ1v) is 7.00. The van der Waals surface area contributed by atoms with Crippen molar-refractivity contribution in [1.29, 1.82) is 0 Å². The third-order valence-electron chi connectivity index (χ3n) is 2.94. The number of carbonyl (C=O) groups excluding carboxylic acids is 2. The number of hydrogen-bond donors (Lipinski definition) is 2. The molecule has 0 saturated carbocycles. The Labute approximate surface area is 140 Å². The maximum absolute atomic E-state index is 12.6. The fourth-order valence-corrected chi connectivity index (χ4v) is 1.75. The molecule has 134 valence electrons. The van der Waals surface area contributed by atoms with Crippen LogP contribution < -0.4 is 10.6 Å². The van der Waals surface area contributed by atoms with Gasteiger partial charge < -0.3 is 10.2 Å². The van der Waals surface area contributed by atoms with Gasteiger partial charge in [0.15, 0.2) is 5.82 Å². The van der Waals surface area contributed by atoms with E-state index in [9.17, 15) is 22.8 Å². The zero-order valence-electron chi connectivity index (χ0n) is 13.3. The predicted octanol–water partition coefficient (Wildman–Crippen LogP) is 2.03. The molecule has 0 unspecified atom stereocenters. The first-order chi connectivity index (χ1) is 11.6. The van der Waals surface area contributed by atoms with Gasteiger partial charge in [-0.2, -0.15) is 23.1 Å². The Kier molecular flexibility index (Phi) is 5.25. The maximum Gasteiger partial charge on any atom is 0.416 e. The molecule has 2 aromatic rings. The Morgan fingerprint density at radius 2 is 1.96 bits per heavy atom. The SMILES string of the molecule is CN(C)C(=O)Nc1cnn(CC(=O)Nc2cccc(C(F)(F)F)c2)n1. The minimum atomic E-state index is -4.50. The average Bonchev–Trinajstić information content (AvgIpc) is 2.93. The molecule has 3 amide bonds. The topological polar surface area (TPSA) is 92.2 Å². The summed E-state index contributed by atoms with van der Waals surface area (Å²) in [5.74, 6) is -0.467. The van der Waals surface area contributed by atoms with Crippen LogP contribution in [0.1, 0.15) is 5.56 Å². The molecule has 2 N–H and O–H groups in total. The quantitative estimate of drug-likeness (QED) is 0.877. The number of halogens is 3. The highest BCUT2D eigenvalue weighted by Crippen LogP contribution is 2.30. The number of hydrogen-bond acceptors (Lipinski definition) is 4. The summed E-state index contributed by atoms with van der Waals surface area (Å²) in [6.07, 6.45) is -3.25. The highest BCUT2D eigenvalue weighted by molar-refractivity contribution is 5.90. The van der Waals surface area contributed by atoms with Crippen molar-refractivity contribution in [1.82, 2.24) is 19.9 Å². The number of benzene rings is 1. The van der Waals surface area contributed by atoms with Crippen molar-refractivity contribution in [3.8, 4) is 0 Å². The molecule has 0 aliphatic rings. The van der Waals surface area contributed by atoms with E-state index in [1.807, 2.05) is 0 Å². The summed E-state index contributed by atoms with van der Waals surface area (Å²) in [6, 6.07) is 3.86. The molecule has 0 aliphatic heterocycles. The lowest BCUT2D eigenvalue weighted by Crippen LogP contribution is -2.27. The Morgan fingerprint density at radius 1 is 1.24 bits per heavy atom. The van der Waals surface area contributed by atoms with Crippen molar-refractivity contribution in [2.75, 3.05) is 24.7 Å². The lowest BCUT2D eigenvalue weighted by Gasteiger charge is -2.10. The zero-order chi connectivity index (χ0) is 18.6. The van der Waals surface area contributed by atoms with E-state index in [1.165, 1.54) is 23.2 Å². The maximum atomic E-state index is 12.6. The molecule has 0 radical (unpaired) electrons. The number of nitrogens with one attached hydrogen (secondary N) is 2. The first kappa shape index (κ1) is 18.2. The summed E-state index contributed by atoms with van der Waals surface area (Å²) >= 11 is 0. The lowest BCUT2D eigenvalue weighted by atomic mass is 10.2. The highest BCUT2D eigenvalue weighted by atomic mass is 19.4. The minimum absolute atomic E-state index is 0.00751. The summed E-state index contributed by atoms with van der Waals surface area (Å²) in [5.41, 5.74) is -0.857. The molecule has 0 fully saturated rings. The second kappa shape index (κ2) is 7.20. The summed E-state index contributed by atoms with van der Waals surface area (Å²) < 4.78 is 37.9. The van der Waals surface area contributed by atoms with E-state index in [-0.39, 0.29) is 18.1 Å². The summed E-state index contributed by atoms with van der Waals surface area (Å²) in [7, 11) is 3.09. The molecule has 1 aromatic heterocycles. The van der Waals surface area contributed by atoms with Gasteiger partial charge in [0, 0.05) is 19.8 Å². The second-order valence-electron chi connectivity index (χ2n) is 5.21. The highest BCUT2D eigenvalue weighted by Gasteiger charge is 2.30. The Bertz CT molecular complexity index is 772.